The third-order valence-corrected chi connectivity index (χ3v) is 4.43. The number of Topliss-reactive ketones (excluding diaryl/α,β-unsaturated/α-hetero) is 1. The molecule has 1 unspecified atom stereocenters. The summed E-state index contributed by atoms with van der Waals surface area (Å²) in [5.74, 6) is -1.90. The number of nitro benzene ring substituents is 1. The molecule has 1 aromatic carbocycles. The van der Waals surface area contributed by atoms with E-state index in [9.17, 15) is 24.8 Å². The first-order chi connectivity index (χ1) is 12.2. The molecule has 1 atom stereocenters. The van der Waals surface area contributed by atoms with Gasteiger partial charge in [0.05, 0.1) is 18.0 Å². The number of aliphatic hydroxyl groups is 1. The number of rotatable bonds is 6. The lowest BCUT2D eigenvalue weighted by molar-refractivity contribution is -0.385. The largest absolute Gasteiger partial charge is 0.512 e. The number of ether oxygens (including phenoxy) is 1. The monoisotopic (exact) mass is 361 g/mol. The molecule has 0 aromatic heterocycles. The molecule has 0 radical (unpaired) electrons. The molecule has 1 aliphatic rings. The van der Waals surface area contributed by atoms with Crippen LogP contribution in [-0.2, 0) is 14.3 Å². The van der Waals surface area contributed by atoms with Crippen LogP contribution >= 0.6 is 0 Å². The lowest BCUT2D eigenvalue weighted by Crippen LogP contribution is -2.29. The van der Waals surface area contributed by atoms with Crippen molar-refractivity contribution in [2.75, 3.05) is 6.61 Å². The topological polar surface area (TPSA) is 107 Å². The van der Waals surface area contributed by atoms with Crippen molar-refractivity contribution in [3.8, 4) is 0 Å². The molecule has 0 saturated heterocycles. The van der Waals surface area contributed by atoms with Gasteiger partial charge in [-0.15, -0.1) is 0 Å². The van der Waals surface area contributed by atoms with Crippen molar-refractivity contribution >= 4 is 17.4 Å². The number of aliphatic hydroxyl groups excluding tert-OH is 1. The first kappa shape index (κ1) is 19.6. The number of hydrogen-bond acceptors (Lipinski definition) is 6. The van der Waals surface area contributed by atoms with Gasteiger partial charge in [0.1, 0.15) is 5.76 Å². The zero-order valence-electron chi connectivity index (χ0n) is 15.2. The Morgan fingerprint density at radius 2 is 2.00 bits per heavy atom. The fourth-order valence-corrected chi connectivity index (χ4v) is 3.40. The van der Waals surface area contributed by atoms with E-state index < -0.39 is 22.2 Å². The number of allylic oxidation sites excluding steroid dienone is 2. The summed E-state index contributed by atoms with van der Waals surface area (Å²) in [6, 6.07) is 5.95. The maximum Gasteiger partial charge on any atom is 0.306 e. The number of nitro groups is 1. The molecule has 0 spiro atoms. The molecule has 0 saturated carbocycles. The Hall–Kier alpha value is -2.70. The number of carbonyl (C=O) groups is 2. The van der Waals surface area contributed by atoms with Crippen LogP contribution in [0.2, 0.25) is 0 Å². The Labute approximate surface area is 151 Å². The summed E-state index contributed by atoms with van der Waals surface area (Å²) < 4.78 is 4.97. The standard InChI is InChI=1S/C19H23NO6/c1-4-26-17(23)9-13(12-7-5-6-8-14(12)20(24)25)18-15(21)10-19(2,3)11-16(18)22/h5-8,13,21H,4,9-11H2,1-3H3. The van der Waals surface area contributed by atoms with Gasteiger partial charge in [-0.2, -0.15) is 0 Å². The van der Waals surface area contributed by atoms with Crippen molar-refractivity contribution in [2.45, 2.75) is 46.0 Å². The van der Waals surface area contributed by atoms with Gasteiger partial charge >= 0.3 is 5.97 Å². The van der Waals surface area contributed by atoms with E-state index in [0.717, 1.165) is 0 Å². The van der Waals surface area contributed by atoms with E-state index in [-0.39, 0.29) is 54.2 Å². The minimum atomic E-state index is -0.917. The maximum atomic E-state index is 12.7. The van der Waals surface area contributed by atoms with Gasteiger partial charge in [-0.1, -0.05) is 32.0 Å². The Kier molecular flexibility index (Phi) is 5.79. The summed E-state index contributed by atoms with van der Waals surface area (Å²) in [7, 11) is 0. The van der Waals surface area contributed by atoms with Crippen LogP contribution in [0.3, 0.4) is 0 Å². The third kappa shape index (κ3) is 4.28. The van der Waals surface area contributed by atoms with Gasteiger partial charge in [0, 0.05) is 36.0 Å². The lowest BCUT2D eigenvalue weighted by atomic mass is 9.71. The predicted molar refractivity (Wildman–Crippen MR) is 94.8 cm³/mol. The quantitative estimate of drug-likeness (QED) is 0.469. The number of esters is 1. The molecule has 7 heteroatoms. The molecule has 0 amide bonds. The zero-order chi connectivity index (χ0) is 19.5. The van der Waals surface area contributed by atoms with Crippen molar-refractivity contribution in [3.63, 3.8) is 0 Å². The number of carbonyl (C=O) groups excluding carboxylic acids is 2. The maximum absolute atomic E-state index is 12.7. The molecule has 0 heterocycles. The highest BCUT2D eigenvalue weighted by molar-refractivity contribution is 5.99. The summed E-state index contributed by atoms with van der Waals surface area (Å²) in [5.41, 5.74) is -0.298. The Bertz CT molecular complexity index is 765. The van der Waals surface area contributed by atoms with Gasteiger partial charge in [-0.3, -0.25) is 19.7 Å². The van der Waals surface area contributed by atoms with Crippen LogP contribution in [0.1, 0.15) is 51.5 Å². The van der Waals surface area contributed by atoms with Crippen LogP contribution in [0.5, 0.6) is 0 Å². The summed E-state index contributed by atoms with van der Waals surface area (Å²) in [5, 5.41) is 21.9. The summed E-state index contributed by atoms with van der Waals surface area (Å²) in [6.45, 7) is 5.55. The van der Waals surface area contributed by atoms with E-state index in [2.05, 4.69) is 0 Å². The lowest BCUT2D eigenvalue weighted by Gasteiger charge is -2.32. The average molecular weight is 361 g/mol. The van der Waals surface area contributed by atoms with Crippen molar-refractivity contribution in [2.24, 2.45) is 5.41 Å². The van der Waals surface area contributed by atoms with E-state index in [1.165, 1.54) is 18.2 Å². The van der Waals surface area contributed by atoms with Crippen LogP contribution in [0.25, 0.3) is 0 Å². The van der Waals surface area contributed by atoms with Gasteiger partial charge in [-0.05, 0) is 12.3 Å². The fourth-order valence-electron chi connectivity index (χ4n) is 3.40. The molecule has 140 valence electrons. The Balaban J connectivity index is 2.58. The summed E-state index contributed by atoms with van der Waals surface area (Å²) in [4.78, 5) is 35.7. The Morgan fingerprint density at radius 1 is 1.35 bits per heavy atom. The molecule has 1 N–H and O–H groups in total. The van der Waals surface area contributed by atoms with Crippen LogP contribution in [0.15, 0.2) is 35.6 Å². The van der Waals surface area contributed by atoms with E-state index in [4.69, 9.17) is 4.74 Å². The molecule has 1 aromatic rings. The second kappa shape index (κ2) is 7.68. The van der Waals surface area contributed by atoms with Crippen molar-refractivity contribution in [1.29, 1.82) is 0 Å². The van der Waals surface area contributed by atoms with Gasteiger partial charge in [-0.25, -0.2) is 0 Å². The Morgan fingerprint density at radius 3 is 2.58 bits per heavy atom. The smallest absolute Gasteiger partial charge is 0.306 e. The molecule has 0 bridgehead atoms. The molecule has 2 rings (SSSR count). The van der Waals surface area contributed by atoms with Gasteiger partial charge in [0.25, 0.3) is 5.69 Å². The number of para-hydroxylation sites is 1. The number of nitrogens with zero attached hydrogens (tertiary/aromatic N) is 1. The normalized spacial score (nSPS) is 17.7. The number of ketones is 1. The predicted octanol–water partition coefficient (Wildman–Crippen LogP) is 3.83. The van der Waals surface area contributed by atoms with E-state index >= 15 is 0 Å². The minimum Gasteiger partial charge on any atom is -0.512 e. The second-order valence-corrected chi connectivity index (χ2v) is 7.18. The first-order valence-electron chi connectivity index (χ1n) is 8.50. The molecular formula is C19H23NO6. The van der Waals surface area contributed by atoms with E-state index in [0.29, 0.717) is 0 Å². The molecule has 26 heavy (non-hydrogen) atoms. The van der Waals surface area contributed by atoms with E-state index in [1.807, 2.05) is 13.8 Å². The number of hydrogen-bond donors (Lipinski definition) is 1. The first-order valence-corrected chi connectivity index (χ1v) is 8.50. The van der Waals surface area contributed by atoms with Gasteiger partial charge in [0.15, 0.2) is 5.78 Å². The molecule has 1 aliphatic carbocycles. The molecule has 0 aliphatic heterocycles. The highest BCUT2D eigenvalue weighted by Gasteiger charge is 2.39. The molecular weight excluding hydrogens is 338 g/mol. The van der Waals surface area contributed by atoms with Crippen molar-refractivity contribution in [3.05, 3.63) is 51.3 Å². The fraction of sp³-hybridized carbons (Fsp3) is 0.474. The SMILES string of the molecule is CCOC(=O)CC(C1=C(O)CC(C)(C)CC1=O)c1ccccc1[N+](=O)[O-]. The van der Waals surface area contributed by atoms with Crippen LogP contribution in [-0.4, -0.2) is 28.4 Å². The molecule has 7 nitrogen and oxygen atoms in total. The third-order valence-electron chi connectivity index (χ3n) is 4.43. The summed E-state index contributed by atoms with van der Waals surface area (Å²) in [6.07, 6.45) is 0.227. The van der Waals surface area contributed by atoms with Gasteiger partial charge in [0.2, 0.25) is 0 Å². The summed E-state index contributed by atoms with van der Waals surface area (Å²) >= 11 is 0. The van der Waals surface area contributed by atoms with Crippen LogP contribution in [0, 0.1) is 15.5 Å². The second-order valence-electron chi connectivity index (χ2n) is 7.18. The van der Waals surface area contributed by atoms with Crippen molar-refractivity contribution in [1.82, 2.24) is 0 Å². The highest BCUT2D eigenvalue weighted by Crippen LogP contribution is 2.43. The highest BCUT2D eigenvalue weighted by atomic mass is 16.6. The number of benzene rings is 1. The van der Waals surface area contributed by atoms with Crippen LogP contribution in [0.4, 0.5) is 5.69 Å². The average Bonchev–Trinajstić information content (AvgIpc) is 2.52. The molecule has 0 fully saturated rings. The minimum absolute atomic E-state index is 0.0756. The van der Waals surface area contributed by atoms with Crippen molar-refractivity contribution < 1.29 is 24.4 Å². The van der Waals surface area contributed by atoms with Crippen LogP contribution < -0.4 is 0 Å². The van der Waals surface area contributed by atoms with Gasteiger partial charge < -0.3 is 9.84 Å². The van der Waals surface area contributed by atoms with E-state index in [1.54, 1.807) is 13.0 Å². The zero-order valence-corrected chi connectivity index (χ0v) is 15.2.